The van der Waals surface area contributed by atoms with Crippen molar-refractivity contribution in [3.63, 3.8) is 0 Å². The zero-order valence-electron chi connectivity index (χ0n) is 9.51. The van der Waals surface area contributed by atoms with Crippen molar-refractivity contribution in [3.05, 3.63) is 36.4 Å². The first kappa shape index (κ1) is 12.5. The van der Waals surface area contributed by atoms with Crippen LogP contribution in [0.1, 0.15) is 6.92 Å². The van der Waals surface area contributed by atoms with Gasteiger partial charge in [-0.25, -0.2) is 8.42 Å². The van der Waals surface area contributed by atoms with Crippen molar-refractivity contribution in [1.29, 1.82) is 0 Å². The molecule has 2 rings (SSSR count). The van der Waals surface area contributed by atoms with Gasteiger partial charge in [0.05, 0.1) is 4.90 Å². The molecule has 0 saturated heterocycles. The number of hydrogen-bond acceptors (Lipinski definition) is 4. The van der Waals surface area contributed by atoms with E-state index in [-0.39, 0.29) is 10.8 Å². The molecule has 5 nitrogen and oxygen atoms in total. The summed E-state index contributed by atoms with van der Waals surface area (Å²) < 4.78 is 32.7. The smallest absolute Gasteiger partial charge is 0.221 e. The van der Waals surface area contributed by atoms with Gasteiger partial charge in [0.15, 0.2) is 0 Å². The van der Waals surface area contributed by atoms with Crippen molar-refractivity contribution < 1.29 is 17.8 Å². The van der Waals surface area contributed by atoms with Gasteiger partial charge >= 0.3 is 0 Å². The molecule has 0 atom stereocenters. The fourth-order valence-electron chi connectivity index (χ4n) is 1.72. The number of anilines is 1. The second-order valence-corrected chi connectivity index (χ2v) is 5.20. The summed E-state index contributed by atoms with van der Waals surface area (Å²) in [4.78, 5) is 10.7. The van der Waals surface area contributed by atoms with E-state index in [0.29, 0.717) is 16.5 Å². The maximum absolute atomic E-state index is 11.0. The summed E-state index contributed by atoms with van der Waals surface area (Å²) in [6, 6.07) is 9.09. The van der Waals surface area contributed by atoms with Gasteiger partial charge in [-0.05, 0) is 23.6 Å². The number of carbonyl (C=O) groups is 1. The summed E-state index contributed by atoms with van der Waals surface area (Å²) in [6.07, 6.45) is 0. The molecule has 0 saturated carbocycles. The normalized spacial score (nSPS) is 11.4. The third-order valence-electron chi connectivity index (χ3n) is 2.45. The summed E-state index contributed by atoms with van der Waals surface area (Å²) in [5.41, 5.74) is 0.579. The van der Waals surface area contributed by atoms with Crippen LogP contribution in [0.2, 0.25) is 0 Å². The second-order valence-electron chi connectivity index (χ2n) is 3.82. The quantitative estimate of drug-likeness (QED) is 0.836. The summed E-state index contributed by atoms with van der Waals surface area (Å²) in [6.45, 7) is 1.38. The maximum Gasteiger partial charge on any atom is 0.221 e. The molecule has 0 aliphatic carbocycles. The Bertz CT molecular complexity index is 722. The van der Waals surface area contributed by atoms with Gasteiger partial charge in [0.2, 0.25) is 5.91 Å². The highest BCUT2D eigenvalue weighted by Crippen LogP contribution is 2.25. The zero-order valence-corrected chi connectivity index (χ0v) is 10.3. The Morgan fingerprint density at radius 1 is 1.22 bits per heavy atom. The highest BCUT2D eigenvalue weighted by Gasteiger charge is 2.06. The Labute approximate surface area is 104 Å². The summed E-state index contributed by atoms with van der Waals surface area (Å²) >= 11 is 0. The van der Waals surface area contributed by atoms with E-state index in [0.717, 1.165) is 0 Å². The van der Waals surface area contributed by atoms with Gasteiger partial charge in [-0.2, -0.15) is 0 Å². The first-order valence-corrected chi connectivity index (χ1v) is 6.55. The molecule has 18 heavy (non-hydrogen) atoms. The Morgan fingerprint density at radius 2 is 1.94 bits per heavy atom. The van der Waals surface area contributed by atoms with Crippen molar-refractivity contribution in [3.8, 4) is 0 Å². The zero-order chi connectivity index (χ0) is 13.3. The number of hydrogen-bond donors (Lipinski definition) is 1. The van der Waals surface area contributed by atoms with Crippen molar-refractivity contribution in [2.24, 2.45) is 0 Å². The number of amides is 1. The van der Waals surface area contributed by atoms with Crippen molar-refractivity contribution in [2.75, 3.05) is 5.32 Å². The van der Waals surface area contributed by atoms with Gasteiger partial charge < -0.3 is 9.87 Å². The maximum atomic E-state index is 11.0. The third-order valence-corrected chi connectivity index (χ3v) is 3.28. The fourth-order valence-corrected chi connectivity index (χ4v) is 2.22. The summed E-state index contributed by atoms with van der Waals surface area (Å²) in [5, 5.41) is 3.90. The number of nitrogens with one attached hydrogen (secondary N) is 1. The molecule has 0 heterocycles. The van der Waals surface area contributed by atoms with E-state index >= 15 is 0 Å². The Hall–Kier alpha value is -1.92. The lowest BCUT2D eigenvalue weighted by Gasteiger charge is -2.10. The van der Waals surface area contributed by atoms with E-state index in [4.69, 9.17) is 0 Å². The molecule has 0 aliphatic rings. The van der Waals surface area contributed by atoms with Crippen LogP contribution in [0.3, 0.4) is 0 Å². The molecule has 0 aliphatic heterocycles. The minimum Gasteiger partial charge on any atom is -0.744 e. The van der Waals surface area contributed by atoms with E-state index in [1.54, 1.807) is 18.2 Å². The van der Waals surface area contributed by atoms with E-state index in [9.17, 15) is 17.8 Å². The first-order chi connectivity index (χ1) is 8.38. The number of benzene rings is 2. The molecule has 1 N–H and O–H groups in total. The van der Waals surface area contributed by atoms with Gasteiger partial charge in [0.1, 0.15) is 10.1 Å². The third kappa shape index (κ3) is 2.49. The second kappa shape index (κ2) is 4.40. The van der Waals surface area contributed by atoms with Crippen LogP contribution in [-0.2, 0) is 14.9 Å². The molecular formula is C12H10NO4S-. The Kier molecular flexibility index (Phi) is 3.06. The lowest BCUT2D eigenvalue weighted by Crippen LogP contribution is -2.06. The molecule has 6 heteroatoms. The number of rotatable bonds is 2. The van der Waals surface area contributed by atoms with Crippen LogP contribution >= 0.6 is 0 Å². The number of fused-ring (bicyclic) bond motifs is 1. The molecule has 0 radical (unpaired) electrons. The average Bonchev–Trinajstić information content (AvgIpc) is 2.27. The van der Waals surface area contributed by atoms with Crippen LogP contribution in [0.4, 0.5) is 5.69 Å². The van der Waals surface area contributed by atoms with E-state index in [1.807, 2.05) is 0 Å². The minimum absolute atomic E-state index is 0.219. The molecule has 2 aromatic rings. The predicted molar refractivity (Wildman–Crippen MR) is 66.2 cm³/mol. The van der Waals surface area contributed by atoms with Crippen molar-refractivity contribution in [1.82, 2.24) is 0 Å². The average molecular weight is 264 g/mol. The minimum atomic E-state index is -4.47. The molecule has 0 bridgehead atoms. The first-order valence-electron chi connectivity index (χ1n) is 5.14. The van der Waals surface area contributed by atoms with Gasteiger partial charge in [-0.15, -0.1) is 0 Å². The molecule has 2 aromatic carbocycles. The number of carbonyl (C=O) groups excluding carboxylic acids is 1. The Balaban J connectivity index is 2.64. The van der Waals surface area contributed by atoms with Crippen LogP contribution in [0, 0.1) is 0 Å². The van der Waals surface area contributed by atoms with Crippen LogP contribution in [0.5, 0.6) is 0 Å². The largest absolute Gasteiger partial charge is 0.744 e. The summed E-state index contributed by atoms with van der Waals surface area (Å²) in [5.74, 6) is -0.219. The predicted octanol–water partition coefficient (Wildman–Crippen LogP) is 1.70. The molecule has 0 aromatic heterocycles. The van der Waals surface area contributed by atoms with Crippen LogP contribution in [0.25, 0.3) is 10.8 Å². The van der Waals surface area contributed by atoms with Crippen molar-refractivity contribution in [2.45, 2.75) is 11.8 Å². The SMILES string of the molecule is CC(=O)Nc1cccc2cc(S(=O)(=O)[O-])ccc12. The van der Waals surface area contributed by atoms with E-state index in [2.05, 4.69) is 5.32 Å². The highest BCUT2D eigenvalue weighted by molar-refractivity contribution is 7.85. The molecule has 1 amide bonds. The van der Waals surface area contributed by atoms with E-state index < -0.39 is 10.1 Å². The fraction of sp³-hybridized carbons (Fsp3) is 0.0833. The van der Waals surface area contributed by atoms with Crippen LogP contribution in [0.15, 0.2) is 41.3 Å². The molecular weight excluding hydrogens is 254 g/mol. The monoisotopic (exact) mass is 264 g/mol. The summed E-state index contributed by atoms with van der Waals surface area (Å²) in [7, 11) is -4.47. The van der Waals surface area contributed by atoms with Crippen LogP contribution in [-0.4, -0.2) is 18.9 Å². The van der Waals surface area contributed by atoms with Gasteiger partial charge in [0, 0.05) is 18.0 Å². The Morgan fingerprint density at radius 3 is 2.56 bits per heavy atom. The van der Waals surface area contributed by atoms with Gasteiger partial charge in [-0.3, -0.25) is 4.79 Å². The molecule has 0 fully saturated rings. The molecule has 94 valence electrons. The molecule has 0 spiro atoms. The standard InChI is InChI=1S/C12H11NO4S/c1-8(14)13-12-4-2-3-9-7-10(18(15,16)17)5-6-11(9)12/h2-7H,1H3,(H,13,14)(H,15,16,17)/p-1. The van der Waals surface area contributed by atoms with Gasteiger partial charge in [0.25, 0.3) is 0 Å². The highest BCUT2D eigenvalue weighted by atomic mass is 32.2. The van der Waals surface area contributed by atoms with Crippen molar-refractivity contribution >= 4 is 32.5 Å². The lowest BCUT2D eigenvalue weighted by molar-refractivity contribution is -0.114. The van der Waals surface area contributed by atoms with Crippen LogP contribution < -0.4 is 5.32 Å². The molecule has 0 unspecified atom stereocenters. The topological polar surface area (TPSA) is 86.3 Å². The van der Waals surface area contributed by atoms with E-state index in [1.165, 1.54) is 25.1 Å². The lowest BCUT2D eigenvalue weighted by atomic mass is 10.1. The van der Waals surface area contributed by atoms with Gasteiger partial charge in [-0.1, -0.05) is 18.2 Å².